The van der Waals surface area contributed by atoms with E-state index in [2.05, 4.69) is 4.98 Å². The molecular weight excluding hydrogens is 284 g/mol. The van der Waals surface area contributed by atoms with Crippen molar-refractivity contribution in [2.24, 2.45) is 0 Å². The molecule has 0 unspecified atom stereocenters. The Hall–Kier alpha value is -2.94. The molecule has 0 atom stereocenters. The number of carbonyl (C=O) groups is 1. The van der Waals surface area contributed by atoms with Crippen LogP contribution < -0.4 is 4.90 Å². The largest absolute Gasteiger partial charge is 0.329 e. The summed E-state index contributed by atoms with van der Waals surface area (Å²) in [5.74, 6) is 0.843. The summed E-state index contributed by atoms with van der Waals surface area (Å²) < 4.78 is 0. The van der Waals surface area contributed by atoms with Crippen LogP contribution in [-0.4, -0.2) is 17.8 Å². The van der Waals surface area contributed by atoms with Gasteiger partial charge in [-0.1, -0.05) is 48.5 Å². The van der Waals surface area contributed by atoms with Crippen LogP contribution in [0.5, 0.6) is 0 Å². The number of hydrogen-bond donors (Lipinski definition) is 0. The third-order valence-corrected chi connectivity index (χ3v) is 3.81. The Balaban J connectivity index is 1.91. The fourth-order valence-electron chi connectivity index (χ4n) is 2.57. The van der Waals surface area contributed by atoms with Gasteiger partial charge in [-0.25, -0.2) is 4.98 Å². The Labute approximate surface area is 136 Å². The van der Waals surface area contributed by atoms with Gasteiger partial charge in [-0.3, -0.25) is 4.79 Å². The molecule has 0 saturated carbocycles. The zero-order valence-corrected chi connectivity index (χ0v) is 13.2. The maximum atomic E-state index is 12.5. The van der Waals surface area contributed by atoms with Gasteiger partial charge < -0.3 is 4.90 Å². The normalized spacial score (nSPS) is 10.3. The second-order valence-corrected chi connectivity index (χ2v) is 5.45. The lowest BCUT2D eigenvalue weighted by Gasteiger charge is -2.20. The van der Waals surface area contributed by atoms with Crippen LogP contribution in [0.1, 0.15) is 21.5 Å². The van der Waals surface area contributed by atoms with Crippen molar-refractivity contribution in [3.05, 3.63) is 89.6 Å². The van der Waals surface area contributed by atoms with Gasteiger partial charge in [-0.2, -0.15) is 0 Å². The monoisotopic (exact) mass is 302 g/mol. The Morgan fingerprint density at radius 1 is 0.913 bits per heavy atom. The van der Waals surface area contributed by atoms with Crippen molar-refractivity contribution in [2.45, 2.75) is 6.92 Å². The molecule has 0 bridgehead atoms. The average molecular weight is 302 g/mol. The van der Waals surface area contributed by atoms with Crippen LogP contribution in [0.4, 0.5) is 11.5 Å². The van der Waals surface area contributed by atoms with Crippen molar-refractivity contribution < 1.29 is 4.79 Å². The zero-order valence-electron chi connectivity index (χ0n) is 13.2. The number of aryl methyl sites for hydroxylation is 1. The van der Waals surface area contributed by atoms with Gasteiger partial charge in [-0.05, 0) is 30.7 Å². The molecule has 0 spiro atoms. The minimum Gasteiger partial charge on any atom is -0.329 e. The maximum Gasteiger partial charge on any atom is 0.194 e. The fraction of sp³-hybridized carbons (Fsp3) is 0.100. The first-order valence-corrected chi connectivity index (χ1v) is 7.52. The molecule has 114 valence electrons. The van der Waals surface area contributed by atoms with Crippen LogP contribution in [0.15, 0.2) is 72.9 Å². The minimum absolute atomic E-state index is 0.00452. The number of anilines is 2. The zero-order chi connectivity index (χ0) is 16.2. The summed E-state index contributed by atoms with van der Waals surface area (Å²) in [5, 5.41) is 0. The molecule has 0 aliphatic heterocycles. The molecule has 0 radical (unpaired) electrons. The first-order chi connectivity index (χ1) is 11.2. The Morgan fingerprint density at radius 3 is 2.13 bits per heavy atom. The lowest BCUT2D eigenvalue weighted by molar-refractivity contribution is 0.103. The van der Waals surface area contributed by atoms with Crippen LogP contribution in [-0.2, 0) is 0 Å². The molecule has 2 aromatic carbocycles. The second-order valence-electron chi connectivity index (χ2n) is 5.45. The predicted octanol–water partition coefficient (Wildman–Crippen LogP) is 4.39. The summed E-state index contributed by atoms with van der Waals surface area (Å²) >= 11 is 0. The molecule has 3 nitrogen and oxygen atoms in total. The van der Waals surface area contributed by atoms with E-state index in [0.29, 0.717) is 11.1 Å². The number of benzene rings is 2. The smallest absolute Gasteiger partial charge is 0.194 e. The number of pyridine rings is 1. The van der Waals surface area contributed by atoms with Gasteiger partial charge in [-0.15, -0.1) is 0 Å². The third kappa shape index (κ3) is 3.14. The van der Waals surface area contributed by atoms with Gasteiger partial charge >= 0.3 is 0 Å². The topological polar surface area (TPSA) is 33.2 Å². The maximum absolute atomic E-state index is 12.5. The van der Waals surface area contributed by atoms with Crippen LogP contribution in [0.25, 0.3) is 0 Å². The van der Waals surface area contributed by atoms with Crippen molar-refractivity contribution in [2.75, 3.05) is 11.9 Å². The predicted molar refractivity (Wildman–Crippen MR) is 93.4 cm³/mol. The first-order valence-electron chi connectivity index (χ1n) is 7.52. The number of aromatic nitrogens is 1. The molecule has 3 heteroatoms. The molecule has 0 N–H and O–H groups in total. The van der Waals surface area contributed by atoms with E-state index in [1.165, 1.54) is 0 Å². The average Bonchev–Trinajstić information content (AvgIpc) is 2.62. The number of hydrogen-bond acceptors (Lipinski definition) is 3. The van der Waals surface area contributed by atoms with E-state index >= 15 is 0 Å². The van der Waals surface area contributed by atoms with E-state index in [-0.39, 0.29) is 5.78 Å². The van der Waals surface area contributed by atoms with E-state index in [4.69, 9.17) is 0 Å². The van der Waals surface area contributed by atoms with Crippen LogP contribution in [0.3, 0.4) is 0 Å². The lowest BCUT2D eigenvalue weighted by atomic mass is 10.0. The van der Waals surface area contributed by atoms with E-state index in [9.17, 15) is 4.79 Å². The minimum atomic E-state index is -0.00452. The third-order valence-electron chi connectivity index (χ3n) is 3.81. The Kier molecular flexibility index (Phi) is 4.20. The highest BCUT2D eigenvalue weighted by molar-refractivity contribution is 6.09. The number of nitrogens with zero attached hydrogens (tertiary/aromatic N) is 2. The van der Waals surface area contributed by atoms with Gasteiger partial charge in [0.05, 0.1) is 0 Å². The van der Waals surface area contributed by atoms with Gasteiger partial charge in [0, 0.05) is 30.1 Å². The van der Waals surface area contributed by atoms with E-state index < -0.39 is 0 Å². The van der Waals surface area contributed by atoms with Crippen LogP contribution in [0.2, 0.25) is 0 Å². The molecule has 0 saturated heterocycles. The number of rotatable bonds is 4. The quantitative estimate of drug-likeness (QED) is 0.670. The van der Waals surface area contributed by atoms with Gasteiger partial charge in [0.2, 0.25) is 0 Å². The number of ketones is 1. The number of para-hydroxylation sites is 1. The van der Waals surface area contributed by atoms with Crippen LogP contribution in [0, 0.1) is 6.92 Å². The highest BCUT2D eigenvalue weighted by atomic mass is 16.1. The van der Waals surface area contributed by atoms with Gasteiger partial charge in [0.1, 0.15) is 5.82 Å². The first kappa shape index (κ1) is 15.0. The number of carbonyl (C=O) groups excluding carboxylic acids is 1. The molecule has 1 aromatic heterocycles. The summed E-state index contributed by atoms with van der Waals surface area (Å²) in [6.45, 7) is 1.98. The van der Waals surface area contributed by atoms with E-state index in [1.807, 2.05) is 85.6 Å². The summed E-state index contributed by atoms with van der Waals surface area (Å²) in [5.41, 5.74) is 3.32. The molecule has 3 aromatic rings. The molecule has 0 aliphatic rings. The van der Waals surface area contributed by atoms with Gasteiger partial charge in [0.25, 0.3) is 0 Å². The highest BCUT2D eigenvalue weighted by Crippen LogP contribution is 2.25. The Morgan fingerprint density at radius 2 is 1.52 bits per heavy atom. The van der Waals surface area contributed by atoms with Crippen molar-refractivity contribution in [1.82, 2.24) is 4.98 Å². The molecule has 23 heavy (non-hydrogen) atoms. The summed E-state index contributed by atoms with van der Waals surface area (Å²) in [4.78, 5) is 19.0. The van der Waals surface area contributed by atoms with Gasteiger partial charge in [0.15, 0.2) is 5.78 Å². The lowest BCUT2D eigenvalue weighted by Crippen LogP contribution is -2.13. The molecular formula is C20H18N2O. The summed E-state index contributed by atoms with van der Waals surface area (Å²) in [6.07, 6.45) is 1.65. The molecule has 3 rings (SSSR count). The van der Waals surface area contributed by atoms with E-state index in [1.54, 1.807) is 6.20 Å². The van der Waals surface area contributed by atoms with Crippen molar-refractivity contribution in [3.8, 4) is 0 Å². The van der Waals surface area contributed by atoms with Crippen molar-refractivity contribution >= 4 is 17.3 Å². The molecule has 0 aliphatic carbocycles. The molecule has 1 heterocycles. The molecule has 0 amide bonds. The van der Waals surface area contributed by atoms with Crippen molar-refractivity contribution in [3.63, 3.8) is 0 Å². The second kappa shape index (κ2) is 6.44. The SMILES string of the molecule is Cc1cc(C(=O)c2ccccc2)cnc1N(C)c1ccccc1. The summed E-state index contributed by atoms with van der Waals surface area (Å²) in [6, 6.07) is 21.2. The van der Waals surface area contributed by atoms with E-state index in [0.717, 1.165) is 17.1 Å². The van der Waals surface area contributed by atoms with Crippen molar-refractivity contribution in [1.29, 1.82) is 0 Å². The van der Waals surface area contributed by atoms with Crippen LogP contribution >= 0.6 is 0 Å². The summed E-state index contributed by atoms with van der Waals surface area (Å²) in [7, 11) is 1.98. The highest BCUT2D eigenvalue weighted by Gasteiger charge is 2.13. The standard InChI is InChI=1S/C20H18N2O/c1-15-13-17(19(23)16-9-5-3-6-10-16)14-21-20(15)22(2)18-11-7-4-8-12-18/h3-14H,1-2H3. The molecule has 0 fully saturated rings. The fourth-order valence-corrected chi connectivity index (χ4v) is 2.57. The Bertz CT molecular complexity index is 814.